The number of benzene rings is 2. The highest BCUT2D eigenvalue weighted by Gasteiger charge is 2.17. The Morgan fingerprint density at radius 1 is 1.30 bits per heavy atom. The Labute approximate surface area is 132 Å². The second-order valence-corrected chi connectivity index (χ2v) is 4.88. The fourth-order valence-electron chi connectivity index (χ4n) is 2.03. The van der Waals surface area contributed by atoms with E-state index in [0.29, 0.717) is 22.3 Å². The summed E-state index contributed by atoms with van der Waals surface area (Å²) >= 11 is 0. The molecule has 1 atom stereocenters. The molecule has 7 heteroatoms. The van der Waals surface area contributed by atoms with Gasteiger partial charge < -0.3 is 10.2 Å². The second-order valence-electron chi connectivity index (χ2n) is 4.88. The van der Waals surface area contributed by atoms with Crippen molar-refractivity contribution in [2.24, 2.45) is 0 Å². The first-order valence-corrected chi connectivity index (χ1v) is 6.96. The SMILES string of the molecule is C[C@H](On1nnc2ccccc21)C(=O)Nc1cccc(C#N)c1. The molecular weight excluding hydrogens is 294 g/mol. The molecule has 1 heterocycles. The van der Waals surface area contributed by atoms with E-state index >= 15 is 0 Å². The maximum absolute atomic E-state index is 12.2. The zero-order valence-electron chi connectivity index (χ0n) is 12.3. The molecule has 0 spiro atoms. The van der Waals surface area contributed by atoms with E-state index in [1.54, 1.807) is 43.3 Å². The van der Waals surface area contributed by atoms with E-state index in [1.165, 1.54) is 4.85 Å². The van der Waals surface area contributed by atoms with Gasteiger partial charge in [0.25, 0.3) is 5.91 Å². The number of amides is 1. The van der Waals surface area contributed by atoms with Crippen LogP contribution in [0.5, 0.6) is 0 Å². The fourth-order valence-corrected chi connectivity index (χ4v) is 2.03. The van der Waals surface area contributed by atoms with Crippen molar-refractivity contribution in [1.29, 1.82) is 5.26 Å². The molecule has 0 fully saturated rings. The Morgan fingerprint density at radius 3 is 2.96 bits per heavy atom. The number of aromatic nitrogens is 3. The number of nitriles is 1. The summed E-state index contributed by atoms with van der Waals surface area (Å²) in [5.74, 6) is -0.348. The van der Waals surface area contributed by atoms with Gasteiger partial charge in [0, 0.05) is 5.69 Å². The average molecular weight is 307 g/mol. The normalized spacial score (nSPS) is 11.7. The molecule has 0 unspecified atom stereocenters. The molecule has 0 bridgehead atoms. The Kier molecular flexibility index (Phi) is 3.89. The molecule has 7 nitrogen and oxygen atoms in total. The van der Waals surface area contributed by atoms with Crippen LogP contribution in [0.25, 0.3) is 11.0 Å². The molecule has 0 aliphatic rings. The molecule has 1 amide bonds. The minimum absolute atomic E-state index is 0.348. The van der Waals surface area contributed by atoms with Gasteiger partial charge >= 0.3 is 0 Å². The number of rotatable bonds is 4. The van der Waals surface area contributed by atoms with Gasteiger partial charge in [0.05, 0.1) is 11.6 Å². The van der Waals surface area contributed by atoms with Crippen LogP contribution >= 0.6 is 0 Å². The summed E-state index contributed by atoms with van der Waals surface area (Å²) in [7, 11) is 0. The Morgan fingerprint density at radius 2 is 2.13 bits per heavy atom. The summed E-state index contributed by atoms with van der Waals surface area (Å²) in [4.78, 5) is 18.9. The van der Waals surface area contributed by atoms with Gasteiger partial charge in [-0.15, -0.1) is 5.10 Å². The third kappa shape index (κ3) is 3.11. The largest absolute Gasteiger partial charge is 0.382 e. The minimum atomic E-state index is -0.786. The van der Waals surface area contributed by atoms with E-state index in [2.05, 4.69) is 15.6 Å². The first-order valence-electron chi connectivity index (χ1n) is 6.96. The molecule has 1 aromatic heterocycles. The van der Waals surface area contributed by atoms with E-state index in [-0.39, 0.29) is 5.91 Å². The van der Waals surface area contributed by atoms with Gasteiger partial charge in [-0.1, -0.05) is 23.0 Å². The van der Waals surface area contributed by atoms with Crippen LogP contribution in [-0.4, -0.2) is 27.2 Å². The van der Waals surface area contributed by atoms with Gasteiger partial charge in [-0.3, -0.25) is 4.79 Å². The zero-order valence-corrected chi connectivity index (χ0v) is 12.3. The maximum Gasteiger partial charge on any atom is 0.267 e. The molecular formula is C16H13N5O2. The molecule has 0 aliphatic heterocycles. The third-order valence-corrected chi connectivity index (χ3v) is 3.21. The van der Waals surface area contributed by atoms with Crippen LogP contribution in [0.3, 0.4) is 0 Å². The van der Waals surface area contributed by atoms with Crippen LogP contribution in [-0.2, 0) is 4.79 Å². The molecule has 2 aromatic carbocycles. The van der Waals surface area contributed by atoms with Crippen LogP contribution in [0, 0.1) is 11.3 Å². The molecule has 1 N–H and O–H groups in total. The maximum atomic E-state index is 12.2. The summed E-state index contributed by atoms with van der Waals surface area (Å²) in [6, 6.07) is 16.0. The number of hydrogen-bond donors (Lipinski definition) is 1. The number of fused-ring (bicyclic) bond motifs is 1. The third-order valence-electron chi connectivity index (χ3n) is 3.21. The predicted octanol–water partition coefficient (Wildman–Crippen LogP) is 1.76. The van der Waals surface area contributed by atoms with Crippen molar-refractivity contribution >= 4 is 22.6 Å². The van der Waals surface area contributed by atoms with E-state index in [1.807, 2.05) is 18.2 Å². The number of nitrogens with zero attached hydrogens (tertiary/aromatic N) is 4. The summed E-state index contributed by atoms with van der Waals surface area (Å²) < 4.78 is 0. The van der Waals surface area contributed by atoms with Gasteiger partial charge in [0.15, 0.2) is 0 Å². The zero-order chi connectivity index (χ0) is 16.2. The minimum Gasteiger partial charge on any atom is -0.382 e. The Bertz CT molecular complexity index is 897. The number of hydrogen-bond acceptors (Lipinski definition) is 5. The summed E-state index contributed by atoms with van der Waals surface area (Å²) in [5.41, 5.74) is 2.37. The van der Waals surface area contributed by atoms with Gasteiger partial charge in [-0.2, -0.15) is 5.26 Å². The Hall–Kier alpha value is -3.40. The number of carbonyl (C=O) groups is 1. The molecule has 23 heavy (non-hydrogen) atoms. The molecule has 0 saturated carbocycles. The average Bonchev–Trinajstić information content (AvgIpc) is 2.98. The van der Waals surface area contributed by atoms with Crippen molar-refractivity contribution in [2.75, 3.05) is 5.32 Å². The first kappa shape index (κ1) is 14.5. The number of nitrogens with one attached hydrogen (secondary N) is 1. The molecule has 0 aliphatic carbocycles. The van der Waals surface area contributed by atoms with Crippen LogP contribution in [0.1, 0.15) is 12.5 Å². The van der Waals surface area contributed by atoms with E-state index in [4.69, 9.17) is 10.1 Å². The van der Waals surface area contributed by atoms with Gasteiger partial charge in [-0.05, 0) is 42.5 Å². The van der Waals surface area contributed by atoms with Crippen LogP contribution in [0.4, 0.5) is 5.69 Å². The van der Waals surface area contributed by atoms with E-state index in [9.17, 15) is 4.79 Å². The lowest BCUT2D eigenvalue weighted by Crippen LogP contribution is -2.35. The van der Waals surface area contributed by atoms with E-state index in [0.717, 1.165) is 0 Å². The van der Waals surface area contributed by atoms with Gasteiger partial charge in [-0.25, -0.2) is 0 Å². The highest BCUT2D eigenvalue weighted by Crippen LogP contribution is 2.11. The van der Waals surface area contributed by atoms with Crippen molar-refractivity contribution in [3.8, 4) is 6.07 Å². The lowest BCUT2D eigenvalue weighted by Gasteiger charge is -2.13. The van der Waals surface area contributed by atoms with Gasteiger partial charge in [0.1, 0.15) is 11.0 Å². The monoisotopic (exact) mass is 307 g/mol. The fraction of sp³-hybridized carbons (Fsp3) is 0.125. The van der Waals surface area contributed by atoms with Crippen molar-refractivity contribution in [1.82, 2.24) is 15.2 Å². The predicted molar refractivity (Wildman–Crippen MR) is 83.4 cm³/mol. The Balaban J connectivity index is 1.71. The van der Waals surface area contributed by atoms with Crippen molar-refractivity contribution in [2.45, 2.75) is 13.0 Å². The highest BCUT2D eigenvalue weighted by molar-refractivity contribution is 5.94. The van der Waals surface area contributed by atoms with Crippen LogP contribution < -0.4 is 10.2 Å². The summed E-state index contributed by atoms with van der Waals surface area (Å²) in [6.07, 6.45) is -0.786. The highest BCUT2D eigenvalue weighted by atomic mass is 16.7. The van der Waals surface area contributed by atoms with Crippen molar-refractivity contribution in [3.05, 3.63) is 54.1 Å². The lowest BCUT2D eigenvalue weighted by molar-refractivity contribution is -0.127. The van der Waals surface area contributed by atoms with Crippen LogP contribution in [0.2, 0.25) is 0 Å². The molecule has 0 radical (unpaired) electrons. The first-order chi connectivity index (χ1) is 11.2. The number of anilines is 1. The summed E-state index contributed by atoms with van der Waals surface area (Å²) in [6.45, 7) is 1.61. The van der Waals surface area contributed by atoms with Crippen molar-refractivity contribution < 1.29 is 9.63 Å². The second kappa shape index (κ2) is 6.15. The molecule has 114 valence electrons. The smallest absolute Gasteiger partial charge is 0.267 e. The standard InChI is InChI=1S/C16H13N5O2/c1-11(16(22)18-13-6-4-5-12(9-13)10-17)23-21-15-8-3-2-7-14(15)19-20-21/h2-9,11H,1H3,(H,18,22)/t11-/m0/s1. The molecule has 3 rings (SSSR count). The van der Waals surface area contributed by atoms with E-state index < -0.39 is 6.10 Å². The topological polar surface area (TPSA) is 92.8 Å². The van der Waals surface area contributed by atoms with Gasteiger partial charge in [0.2, 0.25) is 6.10 Å². The summed E-state index contributed by atoms with van der Waals surface area (Å²) in [5, 5.41) is 19.4. The quantitative estimate of drug-likeness (QED) is 0.792. The number of para-hydroxylation sites is 1. The molecule has 0 saturated heterocycles. The van der Waals surface area contributed by atoms with Crippen LogP contribution in [0.15, 0.2) is 48.5 Å². The number of carbonyl (C=O) groups excluding carboxylic acids is 1. The molecule has 3 aromatic rings. The van der Waals surface area contributed by atoms with Crippen molar-refractivity contribution in [3.63, 3.8) is 0 Å². The lowest BCUT2D eigenvalue weighted by atomic mass is 10.2.